The number of aromatic nitrogens is 3. The van der Waals surface area contributed by atoms with Crippen LogP contribution in [0, 0.1) is 5.82 Å². The van der Waals surface area contributed by atoms with Crippen LogP contribution in [0.25, 0.3) is 5.69 Å². The number of hydrogen-bond acceptors (Lipinski definition) is 2. The molecule has 2 aromatic rings. The smallest absolute Gasteiger partial charge is 0.207 e. The molecule has 0 N–H and O–H groups in total. The maximum Gasteiger partial charge on any atom is 0.225 e. The second kappa shape index (κ2) is 4.61. The van der Waals surface area contributed by atoms with E-state index < -0.39 is 0 Å². The van der Waals surface area contributed by atoms with Gasteiger partial charge >= 0.3 is 0 Å². The maximum absolute atomic E-state index is 12.8. The first-order chi connectivity index (χ1) is 7.70. The summed E-state index contributed by atoms with van der Waals surface area (Å²) < 4.78 is 14.3. The van der Waals surface area contributed by atoms with Crippen molar-refractivity contribution in [1.29, 1.82) is 0 Å². The Labute approximate surface area is 97.9 Å². The highest BCUT2D eigenvalue weighted by Crippen LogP contribution is 2.15. The lowest BCUT2D eigenvalue weighted by Gasteiger charge is -2.00. The van der Waals surface area contributed by atoms with E-state index in [9.17, 15) is 4.39 Å². The zero-order valence-electron chi connectivity index (χ0n) is 8.82. The second-order valence-electron chi connectivity index (χ2n) is 3.44. The van der Waals surface area contributed by atoms with E-state index in [1.807, 2.05) is 6.92 Å². The molecule has 0 aliphatic carbocycles. The summed E-state index contributed by atoms with van der Waals surface area (Å²) >= 11 is 5.95. The van der Waals surface area contributed by atoms with Gasteiger partial charge in [0.05, 0.1) is 5.69 Å². The molecule has 0 radical (unpaired) electrons. The van der Waals surface area contributed by atoms with Crippen LogP contribution in [0.1, 0.15) is 19.2 Å². The summed E-state index contributed by atoms with van der Waals surface area (Å²) in [7, 11) is 0. The van der Waals surface area contributed by atoms with Gasteiger partial charge in [0.2, 0.25) is 5.28 Å². The maximum atomic E-state index is 12.8. The molecule has 3 nitrogen and oxygen atoms in total. The molecule has 0 aliphatic heterocycles. The highest BCUT2D eigenvalue weighted by atomic mass is 35.5. The van der Waals surface area contributed by atoms with Crippen molar-refractivity contribution in [3.63, 3.8) is 0 Å². The lowest BCUT2D eigenvalue weighted by Crippen LogP contribution is -1.97. The number of benzene rings is 1. The van der Waals surface area contributed by atoms with Crippen LogP contribution in [0.3, 0.4) is 0 Å². The molecule has 0 bridgehead atoms. The van der Waals surface area contributed by atoms with Gasteiger partial charge in [0.25, 0.3) is 0 Å². The van der Waals surface area contributed by atoms with Crippen LogP contribution in [0.5, 0.6) is 0 Å². The molecular formula is C11H11ClFN3. The molecule has 16 heavy (non-hydrogen) atoms. The van der Waals surface area contributed by atoms with Crippen molar-refractivity contribution in [1.82, 2.24) is 14.8 Å². The largest absolute Gasteiger partial charge is 0.225 e. The predicted octanol–water partition coefficient (Wildman–Crippen LogP) is 3.01. The quantitative estimate of drug-likeness (QED) is 0.824. The SMILES string of the molecule is CCCc1nc(Cl)n(-c2ccc(F)cc2)n1. The van der Waals surface area contributed by atoms with Gasteiger partial charge in [-0.1, -0.05) is 6.92 Å². The summed E-state index contributed by atoms with van der Waals surface area (Å²) in [6, 6.07) is 5.97. The van der Waals surface area contributed by atoms with E-state index >= 15 is 0 Å². The van der Waals surface area contributed by atoms with Gasteiger partial charge in [-0.05, 0) is 42.3 Å². The lowest BCUT2D eigenvalue weighted by molar-refractivity contribution is 0.627. The minimum Gasteiger partial charge on any atom is -0.207 e. The Morgan fingerprint density at radius 2 is 2.00 bits per heavy atom. The molecule has 1 aromatic carbocycles. The highest BCUT2D eigenvalue weighted by molar-refractivity contribution is 6.28. The van der Waals surface area contributed by atoms with E-state index in [-0.39, 0.29) is 5.82 Å². The molecule has 0 saturated heterocycles. The normalized spacial score (nSPS) is 10.7. The Kier molecular flexibility index (Phi) is 3.19. The molecule has 0 amide bonds. The fourth-order valence-electron chi connectivity index (χ4n) is 1.41. The molecular weight excluding hydrogens is 229 g/mol. The molecule has 0 saturated carbocycles. The number of aryl methyl sites for hydroxylation is 1. The van der Waals surface area contributed by atoms with Crippen molar-refractivity contribution in [3.05, 3.63) is 41.2 Å². The van der Waals surface area contributed by atoms with E-state index in [1.54, 1.807) is 12.1 Å². The standard InChI is InChI=1S/C11H11ClFN3/c1-2-3-10-14-11(12)16(15-10)9-6-4-8(13)5-7-9/h4-7H,2-3H2,1H3. The van der Waals surface area contributed by atoms with Gasteiger partial charge < -0.3 is 0 Å². The van der Waals surface area contributed by atoms with Gasteiger partial charge in [-0.2, -0.15) is 0 Å². The summed E-state index contributed by atoms with van der Waals surface area (Å²) in [4.78, 5) is 4.12. The fourth-order valence-corrected chi connectivity index (χ4v) is 1.64. The highest BCUT2D eigenvalue weighted by Gasteiger charge is 2.08. The van der Waals surface area contributed by atoms with Crippen molar-refractivity contribution in [3.8, 4) is 5.69 Å². The summed E-state index contributed by atoms with van der Waals surface area (Å²) in [5.41, 5.74) is 0.709. The van der Waals surface area contributed by atoms with Crippen LogP contribution in [-0.2, 0) is 6.42 Å². The van der Waals surface area contributed by atoms with Crippen LogP contribution >= 0.6 is 11.6 Å². The van der Waals surface area contributed by atoms with Crippen LogP contribution in [0.15, 0.2) is 24.3 Å². The van der Waals surface area contributed by atoms with Gasteiger partial charge in [0.1, 0.15) is 5.82 Å². The van der Waals surface area contributed by atoms with E-state index in [0.717, 1.165) is 12.8 Å². The third-order valence-corrected chi connectivity index (χ3v) is 2.40. The Bertz CT molecular complexity index is 478. The van der Waals surface area contributed by atoms with E-state index in [2.05, 4.69) is 10.1 Å². The molecule has 5 heteroatoms. The number of rotatable bonds is 3. The van der Waals surface area contributed by atoms with E-state index in [4.69, 9.17) is 11.6 Å². The van der Waals surface area contributed by atoms with Crippen molar-refractivity contribution < 1.29 is 4.39 Å². The Morgan fingerprint density at radius 3 is 2.62 bits per heavy atom. The molecule has 1 heterocycles. The van der Waals surface area contributed by atoms with Gasteiger partial charge in [-0.15, -0.1) is 5.10 Å². The third-order valence-electron chi connectivity index (χ3n) is 2.16. The first kappa shape index (κ1) is 11.1. The zero-order chi connectivity index (χ0) is 11.5. The van der Waals surface area contributed by atoms with Gasteiger partial charge in [0, 0.05) is 6.42 Å². The summed E-state index contributed by atoms with van der Waals surface area (Å²) in [5.74, 6) is 0.422. The van der Waals surface area contributed by atoms with Gasteiger partial charge in [-0.25, -0.2) is 14.1 Å². The minimum atomic E-state index is -0.284. The van der Waals surface area contributed by atoms with Gasteiger partial charge in [-0.3, -0.25) is 0 Å². The molecule has 0 atom stereocenters. The number of hydrogen-bond donors (Lipinski definition) is 0. The molecule has 1 aromatic heterocycles. The summed E-state index contributed by atoms with van der Waals surface area (Å²) in [6.07, 6.45) is 1.75. The van der Waals surface area contributed by atoms with Crippen LogP contribution in [0.2, 0.25) is 5.28 Å². The average Bonchev–Trinajstić information content (AvgIpc) is 2.61. The number of halogens is 2. The molecule has 84 valence electrons. The third kappa shape index (κ3) is 2.22. The molecule has 0 unspecified atom stereocenters. The van der Waals surface area contributed by atoms with E-state index in [1.165, 1.54) is 16.8 Å². The second-order valence-corrected chi connectivity index (χ2v) is 3.77. The van der Waals surface area contributed by atoms with Gasteiger partial charge in [0.15, 0.2) is 5.82 Å². The molecule has 2 rings (SSSR count). The van der Waals surface area contributed by atoms with Crippen molar-refractivity contribution in [2.45, 2.75) is 19.8 Å². The topological polar surface area (TPSA) is 30.7 Å². The van der Waals surface area contributed by atoms with Crippen molar-refractivity contribution in [2.75, 3.05) is 0 Å². The van der Waals surface area contributed by atoms with Crippen LogP contribution < -0.4 is 0 Å². The first-order valence-corrected chi connectivity index (χ1v) is 5.46. The predicted molar refractivity (Wildman–Crippen MR) is 60.3 cm³/mol. The average molecular weight is 240 g/mol. The van der Waals surface area contributed by atoms with E-state index in [0.29, 0.717) is 16.8 Å². The zero-order valence-corrected chi connectivity index (χ0v) is 9.58. The van der Waals surface area contributed by atoms with Crippen molar-refractivity contribution >= 4 is 11.6 Å². The molecule has 0 spiro atoms. The van der Waals surface area contributed by atoms with Crippen LogP contribution in [0.4, 0.5) is 4.39 Å². The Hall–Kier alpha value is -1.42. The first-order valence-electron chi connectivity index (χ1n) is 5.08. The molecule has 0 aliphatic rings. The fraction of sp³-hybridized carbons (Fsp3) is 0.273. The van der Waals surface area contributed by atoms with Crippen molar-refractivity contribution in [2.24, 2.45) is 0 Å². The minimum absolute atomic E-state index is 0.284. The summed E-state index contributed by atoms with van der Waals surface area (Å²) in [5, 5.41) is 4.55. The Balaban J connectivity index is 2.36. The summed E-state index contributed by atoms with van der Waals surface area (Å²) in [6.45, 7) is 2.05. The van der Waals surface area contributed by atoms with Crippen LogP contribution in [-0.4, -0.2) is 14.8 Å². The Morgan fingerprint density at radius 1 is 1.31 bits per heavy atom. The lowest BCUT2D eigenvalue weighted by atomic mass is 10.3. The molecule has 0 fully saturated rings. The monoisotopic (exact) mass is 239 g/mol. The number of nitrogens with zero attached hydrogens (tertiary/aromatic N) is 3.